The fourth-order valence-electron chi connectivity index (χ4n) is 2.35. The van der Waals surface area contributed by atoms with Gasteiger partial charge in [-0.2, -0.15) is 0 Å². The maximum absolute atomic E-state index is 5.88. The van der Waals surface area contributed by atoms with Crippen molar-refractivity contribution >= 4 is 0 Å². The summed E-state index contributed by atoms with van der Waals surface area (Å²) < 4.78 is 0. The van der Waals surface area contributed by atoms with Crippen LogP contribution in [0.3, 0.4) is 0 Å². The third-order valence-corrected chi connectivity index (χ3v) is 3.57. The molecule has 76 valence electrons. The highest BCUT2D eigenvalue weighted by atomic mass is 15.2. The molecule has 13 heavy (non-hydrogen) atoms. The lowest BCUT2D eigenvalue weighted by atomic mass is 10.0. The third-order valence-electron chi connectivity index (χ3n) is 3.57. The number of hydrogen-bond donors (Lipinski definition) is 1. The molecule has 1 unspecified atom stereocenters. The first-order chi connectivity index (χ1) is 6.25. The predicted octanol–water partition coefficient (Wildman–Crippen LogP) is 1.60. The summed E-state index contributed by atoms with van der Waals surface area (Å²) >= 11 is 0. The molecule has 0 bridgehead atoms. The minimum absolute atomic E-state index is 0.476. The molecular weight excluding hydrogens is 160 g/mol. The van der Waals surface area contributed by atoms with E-state index < -0.39 is 0 Å². The van der Waals surface area contributed by atoms with Gasteiger partial charge in [-0.1, -0.05) is 12.8 Å². The van der Waals surface area contributed by atoms with Gasteiger partial charge in [0.1, 0.15) is 0 Å². The lowest BCUT2D eigenvalue weighted by Gasteiger charge is -2.34. The monoisotopic (exact) mass is 182 g/mol. The van der Waals surface area contributed by atoms with Crippen molar-refractivity contribution in [2.75, 3.05) is 13.1 Å². The zero-order valence-corrected chi connectivity index (χ0v) is 8.71. The first-order valence-electron chi connectivity index (χ1n) is 5.75. The Morgan fingerprint density at radius 2 is 1.85 bits per heavy atom. The normalized spacial score (nSPS) is 29.1. The van der Waals surface area contributed by atoms with Crippen LogP contribution in [0.2, 0.25) is 0 Å². The predicted molar refractivity (Wildman–Crippen MR) is 55.6 cm³/mol. The molecule has 2 heteroatoms. The summed E-state index contributed by atoms with van der Waals surface area (Å²) in [7, 11) is 0. The molecule has 1 saturated heterocycles. The zero-order valence-electron chi connectivity index (χ0n) is 8.71. The van der Waals surface area contributed by atoms with Crippen molar-refractivity contribution < 1.29 is 0 Å². The largest absolute Gasteiger partial charge is 0.328 e. The van der Waals surface area contributed by atoms with Crippen LogP contribution < -0.4 is 5.73 Å². The van der Waals surface area contributed by atoms with Gasteiger partial charge in [-0.25, -0.2) is 0 Å². The SMILES string of the molecule is CC(CC1CC1)N1CCC(N)CC1. The van der Waals surface area contributed by atoms with Crippen LogP contribution in [0, 0.1) is 5.92 Å². The minimum Gasteiger partial charge on any atom is -0.328 e. The van der Waals surface area contributed by atoms with E-state index in [4.69, 9.17) is 5.73 Å². The van der Waals surface area contributed by atoms with Gasteiger partial charge in [0.25, 0.3) is 0 Å². The van der Waals surface area contributed by atoms with Gasteiger partial charge in [0.2, 0.25) is 0 Å². The third kappa shape index (κ3) is 2.68. The van der Waals surface area contributed by atoms with Crippen LogP contribution >= 0.6 is 0 Å². The van der Waals surface area contributed by atoms with E-state index in [0.29, 0.717) is 6.04 Å². The van der Waals surface area contributed by atoms with E-state index in [2.05, 4.69) is 11.8 Å². The Balaban J connectivity index is 1.72. The van der Waals surface area contributed by atoms with Gasteiger partial charge in [0, 0.05) is 12.1 Å². The van der Waals surface area contributed by atoms with E-state index in [1.54, 1.807) is 0 Å². The lowest BCUT2D eigenvalue weighted by molar-refractivity contribution is 0.152. The van der Waals surface area contributed by atoms with Crippen LogP contribution in [0.1, 0.15) is 39.0 Å². The average Bonchev–Trinajstić information content (AvgIpc) is 2.89. The van der Waals surface area contributed by atoms with Crippen LogP contribution in [0.5, 0.6) is 0 Å². The van der Waals surface area contributed by atoms with Crippen molar-refractivity contribution in [3.8, 4) is 0 Å². The number of piperidine rings is 1. The second-order valence-electron chi connectivity index (χ2n) is 4.90. The first kappa shape index (κ1) is 9.47. The molecule has 1 aliphatic heterocycles. The van der Waals surface area contributed by atoms with Gasteiger partial charge in [-0.3, -0.25) is 0 Å². The van der Waals surface area contributed by atoms with Crippen molar-refractivity contribution in [3.63, 3.8) is 0 Å². The van der Waals surface area contributed by atoms with Crippen molar-refractivity contribution in [2.45, 2.75) is 51.1 Å². The molecule has 0 amide bonds. The number of nitrogens with zero attached hydrogens (tertiary/aromatic N) is 1. The van der Waals surface area contributed by atoms with Crippen LogP contribution in [0.15, 0.2) is 0 Å². The summed E-state index contributed by atoms with van der Waals surface area (Å²) in [6.45, 7) is 4.85. The van der Waals surface area contributed by atoms with Crippen molar-refractivity contribution in [1.29, 1.82) is 0 Å². The topological polar surface area (TPSA) is 29.3 Å². The van der Waals surface area contributed by atoms with Crippen molar-refractivity contribution in [1.82, 2.24) is 4.90 Å². The smallest absolute Gasteiger partial charge is 0.00695 e. The molecule has 2 aliphatic rings. The Labute approximate surface area is 81.5 Å². The quantitative estimate of drug-likeness (QED) is 0.718. The number of hydrogen-bond acceptors (Lipinski definition) is 2. The fourth-order valence-corrected chi connectivity index (χ4v) is 2.35. The second kappa shape index (κ2) is 3.97. The Morgan fingerprint density at radius 3 is 2.38 bits per heavy atom. The van der Waals surface area contributed by atoms with Gasteiger partial charge < -0.3 is 10.6 Å². The molecule has 1 saturated carbocycles. The number of likely N-dealkylation sites (tertiary alicyclic amines) is 1. The number of rotatable bonds is 3. The molecule has 1 heterocycles. The van der Waals surface area contributed by atoms with Crippen molar-refractivity contribution in [2.24, 2.45) is 11.7 Å². The van der Waals surface area contributed by atoms with E-state index in [0.717, 1.165) is 12.0 Å². The molecule has 0 spiro atoms. The molecule has 2 fully saturated rings. The maximum atomic E-state index is 5.88. The molecule has 0 aromatic heterocycles. The summed E-state index contributed by atoms with van der Waals surface area (Å²) in [6.07, 6.45) is 6.80. The first-order valence-corrected chi connectivity index (χ1v) is 5.75. The van der Waals surface area contributed by atoms with Gasteiger partial charge in [0.05, 0.1) is 0 Å². The zero-order chi connectivity index (χ0) is 9.26. The standard InChI is InChI=1S/C11H22N2/c1-9(8-10-2-3-10)13-6-4-11(12)5-7-13/h9-11H,2-8,12H2,1H3. The van der Waals surface area contributed by atoms with E-state index in [9.17, 15) is 0 Å². The van der Waals surface area contributed by atoms with Gasteiger partial charge in [0.15, 0.2) is 0 Å². The number of nitrogens with two attached hydrogens (primary N) is 1. The van der Waals surface area contributed by atoms with Crippen LogP contribution in [-0.2, 0) is 0 Å². The highest BCUT2D eigenvalue weighted by Gasteiger charge is 2.27. The summed E-state index contributed by atoms with van der Waals surface area (Å²) in [5.74, 6) is 1.06. The summed E-state index contributed by atoms with van der Waals surface area (Å²) in [6, 6.07) is 1.28. The molecule has 1 atom stereocenters. The Kier molecular flexibility index (Phi) is 2.89. The second-order valence-corrected chi connectivity index (χ2v) is 4.90. The van der Waals surface area contributed by atoms with E-state index in [-0.39, 0.29) is 0 Å². The molecule has 2 N–H and O–H groups in total. The van der Waals surface area contributed by atoms with E-state index >= 15 is 0 Å². The van der Waals surface area contributed by atoms with Crippen LogP contribution in [0.4, 0.5) is 0 Å². The highest BCUT2D eigenvalue weighted by molar-refractivity contribution is 4.82. The minimum atomic E-state index is 0.476. The molecule has 0 aromatic carbocycles. The fraction of sp³-hybridized carbons (Fsp3) is 1.00. The van der Waals surface area contributed by atoms with Gasteiger partial charge in [-0.05, 0) is 45.2 Å². The maximum Gasteiger partial charge on any atom is 0.00695 e. The van der Waals surface area contributed by atoms with E-state index in [1.807, 2.05) is 0 Å². The molecular formula is C11H22N2. The van der Waals surface area contributed by atoms with E-state index in [1.165, 1.54) is 45.2 Å². The van der Waals surface area contributed by atoms with Crippen LogP contribution in [0.25, 0.3) is 0 Å². The summed E-state index contributed by atoms with van der Waals surface area (Å²) in [4.78, 5) is 2.63. The lowest BCUT2D eigenvalue weighted by Crippen LogP contribution is -2.44. The average molecular weight is 182 g/mol. The molecule has 1 aliphatic carbocycles. The van der Waals surface area contributed by atoms with Gasteiger partial charge in [-0.15, -0.1) is 0 Å². The molecule has 2 rings (SSSR count). The Bertz CT molecular complexity index is 157. The highest BCUT2D eigenvalue weighted by Crippen LogP contribution is 2.34. The Hall–Kier alpha value is -0.0800. The van der Waals surface area contributed by atoms with Gasteiger partial charge >= 0.3 is 0 Å². The van der Waals surface area contributed by atoms with Crippen molar-refractivity contribution in [3.05, 3.63) is 0 Å². The molecule has 0 aromatic rings. The van der Waals surface area contributed by atoms with Crippen LogP contribution in [-0.4, -0.2) is 30.1 Å². The summed E-state index contributed by atoms with van der Waals surface area (Å²) in [5, 5.41) is 0. The molecule has 0 radical (unpaired) electrons. The summed E-state index contributed by atoms with van der Waals surface area (Å²) in [5.41, 5.74) is 5.88. The molecule has 2 nitrogen and oxygen atoms in total. The Morgan fingerprint density at radius 1 is 1.23 bits per heavy atom.